The van der Waals surface area contributed by atoms with Gasteiger partial charge in [-0.2, -0.15) is 5.10 Å². The lowest BCUT2D eigenvalue weighted by Gasteiger charge is -2.02. The fourth-order valence-corrected chi connectivity index (χ4v) is 1.15. The Kier molecular flexibility index (Phi) is 4.75. The molecule has 5 nitrogen and oxygen atoms in total. The Labute approximate surface area is 100 Å². The summed E-state index contributed by atoms with van der Waals surface area (Å²) in [7, 11) is 1.76. The van der Waals surface area contributed by atoms with Gasteiger partial charge in [0.25, 0.3) is 5.91 Å². The van der Waals surface area contributed by atoms with E-state index >= 15 is 0 Å². The summed E-state index contributed by atoms with van der Waals surface area (Å²) in [5, 5.41) is 6.66. The number of nitrogens with one attached hydrogen (secondary N) is 1. The van der Waals surface area contributed by atoms with Gasteiger partial charge in [-0.05, 0) is 17.8 Å². The summed E-state index contributed by atoms with van der Waals surface area (Å²) in [6, 6.07) is 0. The number of rotatable bonds is 5. The molecule has 0 unspecified atom stereocenters. The van der Waals surface area contributed by atoms with E-state index in [9.17, 15) is 4.79 Å². The van der Waals surface area contributed by atoms with E-state index in [1.54, 1.807) is 36.2 Å². The van der Waals surface area contributed by atoms with Crippen LogP contribution >= 0.6 is 0 Å². The molecule has 0 saturated heterocycles. The molecule has 0 spiro atoms. The number of hydrogen-bond acceptors (Lipinski definition) is 3. The van der Waals surface area contributed by atoms with Gasteiger partial charge in [0.1, 0.15) is 0 Å². The molecule has 0 bridgehead atoms. The first kappa shape index (κ1) is 12.8. The highest BCUT2D eigenvalue weighted by Gasteiger charge is 2.06. The Morgan fingerprint density at radius 1 is 1.65 bits per heavy atom. The maximum Gasteiger partial charge on any atom is 0.254 e. The molecule has 0 saturated carbocycles. The second kappa shape index (κ2) is 6.32. The predicted molar refractivity (Wildman–Crippen MR) is 67.1 cm³/mol. The third-order valence-corrected chi connectivity index (χ3v) is 2.00. The number of aryl methyl sites for hydroxylation is 1. The maximum absolute atomic E-state index is 11.6. The van der Waals surface area contributed by atoms with Crippen LogP contribution < -0.4 is 11.1 Å². The summed E-state index contributed by atoms with van der Waals surface area (Å²) in [4.78, 5) is 11.6. The number of carbonyl (C=O) groups excluding carboxylic acids is 1. The van der Waals surface area contributed by atoms with Crippen LogP contribution in [0.2, 0.25) is 0 Å². The number of amides is 1. The Balaban J connectivity index is 2.41. The first-order chi connectivity index (χ1) is 8.13. The third-order valence-electron chi connectivity index (χ3n) is 2.00. The van der Waals surface area contributed by atoms with E-state index in [2.05, 4.69) is 17.0 Å². The van der Waals surface area contributed by atoms with E-state index in [4.69, 9.17) is 5.73 Å². The molecule has 5 heteroatoms. The summed E-state index contributed by atoms with van der Waals surface area (Å²) in [6.45, 7) is 4.19. The van der Waals surface area contributed by atoms with Gasteiger partial charge < -0.3 is 11.1 Å². The molecule has 1 aromatic rings. The molecular formula is C12H16N4O. The smallest absolute Gasteiger partial charge is 0.254 e. The van der Waals surface area contributed by atoms with E-state index in [1.165, 1.54) is 12.4 Å². The van der Waals surface area contributed by atoms with Crippen molar-refractivity contribution in [3.8, 4) is 0 Å². The zero-order valence-corrected chi connectivity index (χ0v) is 9.76. The lowest BCUT2D eigenvalue weighted by atomic mass is 10.2. The molecule has 0 aromatic carbocycles. The topological polar surface area (TPSA) is 72.9 Å². The minimum atomic E-state index is -0.165. The fourth-order valence-electron chi connectivity index (χ4n) is 1.15. The summed E-state index contributed by atoms with van der Waals surface area (Å²) in [6.07, 6.45) is 9.84. The number of hydrogen-bond donors (Lipinski definition) is 2. The normalized spacial score (nSPS) is 11.1. The van der Waals surface area contributed by atoms with Gasteiger partial charge in [0, 0.05) is 19.8 Å². The van der Waals surface area contributed by atoms with Gasteiger partial charge in [0.15, 0.2) is 0 Å². The van der Waals surface area contributed by atoms with Crippen molar-refractivity contribution in [2.45, 2.75) is 0 Å². The van der Waals surface area contributed by atoms with Gasteiger partial charge in [0.05, 0.1) is 11.8 Å². The van der Waals surface area contributed by atoms with Crippen LogP contribution in [0.15, 0.2) is 49.0 Å². The second-order valence-corrected chi connectivity index (χ2v) is 3.49. The number of nitrogens with zero attached hydrogens (tertiary/aromatic N) is 2. The molecule has 1 aromatic heterocycles. The Morgan fingerprint density at radius 2 is 2.41 bits per heavy atom. The van der Waals surface area contributed by atoms with Crippen LogP contribution in [0.5, 0.6) is 0 Å². The Bertz CT molecular complexity index is 457. The summed E-state index contributed by atoms with van der Waals surface area (Å²) < 4.78 is 1.58. The molecule has 0 aliphatic rings. The highest BCUT2D eigenvalue weighted by atomic mass is 16.1. The summed E-state index contributed by atoms with van der Waals surface area (Å²) in [5.41, 5.74) is 6.50. The standard InChI is InChI=1S/C12H16N4O/c1-10(5-3-4-6-13)7-14-12(17)11-8-15-16(2)9-11/h3-6,8-9H,1,7,13H2,2H3,(H,14,17)/b5-3-,6-4-. The lowest BCUT2D eigenvalue weighted by Crippen LogP contribution is -2.24. The molecule has 0 radical (unpaired) electrons. The number of nitrogens with two attached hydrogens (primary N) is 1. The van der Waals surface area contributed by atoms with E-state index in [0.717, 1.165) is 5.57 Å². The van der Waals surface area contributed by atoms with Gasteiger partial charge in [0.2, 0.25) is 0 Å². The molecule has 3 N–H and O–H groups in total. The minimum Gasteiger partial charge on any atom is -0.405 e. The summed E-state index contributed by atoms with van der Waals surface area (Å²) >= 11 is 0. The largest absolute Gasteiger partial charge is 0.405 e. The molecule has 1 amide bonds. The Morgan fingerprint density at radius 3 is 3.00 bits per heavy atom. The molecule has 1 heterocycles. The van der Waals surface area contributed by atoms with Crippen molar-refractivity contribution in [1.29, 1.82) is 0 Å². The first-order valence-corrected chi connectivity index (χ1v) is 5.13. The summed E-state index contributed by atoms with van der Waals surface area (Å²) in [5.74, 6) is -0.165. The van der Waals surface area contributed by atoms with Crippen LogP contribution in [0.4, 0.5) is 0 Å². The van der Waals surface area contributed by atoms with Gasteiger partial charge in [-0.15, -0.1) is 0 Å². The van der Waals surface area contributed by atoms with E-state index in [1.807, 2.05) is 0 Å². The van der Waals surface area contributed by atoms with Gasteiger partial charge >= 0.3 is 0 Å². The average molecular weight is 232 g/mol. The quantitative estimate of drug-likeness (QED) is 0.735. The van der Waals surface area contributed by atoms with Crippen LogP contribution in [0, 0.1) is 0 Å². The van der Waals surface area contributed by atoms with Crippen LogP contribution in [-0.2, 0) is 7.05 Å². The zero-order chi connectivity index (χ0) is 12.7. The van der Waals surface area contributed by atoms with E-state index in [0.29, 0.717) is 12.1 Å². The maximum atomic E-state index is 11.6. The van der Waals surface area contributed by atoms with Crippen molar-refractivity contribution in [3.63, 3.8) is 0 Å². The molecule has 0 aliphatic carbocycles. The number of carbonyl (C=O) groups is 1. The molecule has 0 fully saturated rings. The lowest BCUT2D eigenvalue weighted by molar-refractivity contribution is 0.0957. The molecular weight excluding hydrogens is 216 g/mol. The van der Waals surface area contributed by atoms with Gasteiger partial charge in [-0.3, -0.25) is 9.48 Å². The predicted octanol–water partition coefficient (Wildman–Crippen LogP) is 0.735. The van der Waals surface area contributed by atoms with E-state index < -0.39 is 0 Å². The number of allylic oxidation sites excluding steroid dienone is 2. The van der Waals surface area contributed by atoms with Crippen molar-refractivity contribution in [1.82, 2.24) is 15.1 Å². The van der Waals surface area contributed by atoms with Crippen molar-refractivity contribution in [3.05, 3.63) is 54.5 Å². The van der Waals surface area contributed by atoms with Crippen molar-refractivity contribution in [2.24, 2.45) is 12.8 Å². The molecule has 17 heavy (non-hydrogen) atoms. The highest BCUT2D eigenvalue weighted by molar-refractivity contribution is 5.93. The van der Waals surface area contributed by atoms with Gasteiger partial charge in [-0.1, -0.05) is 18.7 Å². The van der Waals surface area contributed by atoms with Crippen molar-refractivity contribution < 1.29 is 4.79 Å². The van der Waals surface area contributed by atoms with Crippen molar-refractivity contribution >= 4 is 5.91 Å². The molecule has 0 aliphatic heterocycles. The fraction of sp³-hybridized carbons (Fsp3) is 0.167. The monoisotopic (exact) mass is 232 g/mol. The first-order valence-electron chi connectivity index (χ1n) is 5.13. The molecule has 1 rings (SSSR count). The van der Waals surface area contributed by atoms with Crippen LogP contribution in [0.3, 0.4) is 0 Å². The highest BCUT2D eigenvalue weighted by Crippen LogP contribution is 1.97. The SMILES string of the molecule is C=C(/C=C\C=C/N)CNC(=O)c1cnn(C)c1. The van der Waals surface area contributed by atoms with E-state index in [-0.39, 0.29) is 5.91 Å². The molecule has 90 valence electrons. The number of aromatic nitrogens is 2. The molecule has 0 atom stereocenters. The minimum absolute atomic E-state index is 0.165. The second-order valence-electron chi connectivity index (χ2n) is 3.49. The van der Waals surface area contributed by atoms with Crippen molar-refractivity contribution in [2.75, 3.05) is 6.54 Å². The van der Waals surface area contributed by atoms with Crippen LogP contribution in [-0.4, -0.2) is 22.2 Å². The average Bonchev–Trinajstić information content (AvgIpc) is 2.73. The zero-order valence-electron chi connectivity index (χ0n) is 9.76. The third kappa shape index (κ3) is 4.38. The Hall–Kier alpha value is -2.30. The van der Waals surface area contributed by atoms with Gasteiger partial charge in [-0.25, -0.2) is 0 Å². The van der Waals surface area contributed by atoms with Crippen LogP contribution in [0.25, 0.3) is 0 Å². The van der Waals surface area contributed by atoms with Crippen LogP contribution in [0.1, 0.15) is 10.4 Å².